The lowest BCUT2D eigenvalue weighted by Crippen LogP contribution is -2.28. The molecule has 0 heterocycles. The molecule has 0 aromatic heterocycles. The lowest BCUT2D eigenvalue weighted by molar-refractivity contribution is -0.385. The standard InChI is InChI=1S/C14H18N2O4/c1-9-2-3-10(6-9)8-15-14(18)11-4-5-12(16(19)20)13(17)7-11/h4-5,7,9-10,17H,2-3,6,8H2,1H3,(H,15,18). The Labute approximate surface area is 117 Å². The number of hydrogen-bond acceptors (Lipinski definition) is 4. The molecule has 0 bridgehead atoms. The number of nitro benzene ring substituents is 1. The van der Waals surface area contributed by atoms with Gasteiger partial charge in [0, 0.05) is 18.2 Å². The maximum atomic E-state index is 11.9. The number of phenolic OH excluding ortho intramolecular Hbond substituents is 1. The molecule has 2 rings (SSSR count). The Morgan fingerprint density at radius 2 is 2.25 bits per heavy atom. The zero-order chi connectivity index (χ0) is 14.7. The number of rotatable bonds is 4. The number of amides is 1. The first-order valence-corrected chi connectivity index (χ1v) is 6.73. The van der Waals surface area contributed by atoms with E-state index >= 15 is 0 Å². The third-order valence-corrected chi connectivity index (χ3v) is 3.79. The maximum Gasteiger partial charge on any atom is 0.310 e. The Kier molecular flexibility index (Phi) is 4.22. The third-order valence-electron chi connectivity index (χ3n) is 3.79. The van der Waals surface area contributed by atoms with Crippen molar-refractivity contribution in [2.24, 2.45) is 11.8 Å². The topological polar surface area (TPSA) is 92.5 Å². The fraction of sp³-hybridized carbons (Fsp3) is 0.500. The average molecular weight is 278 g/mol. The van der Waals surface area contributed by atoms with Crippen molar-refractivity contribution in [3.8, 4) is 5.75 Å². The van der Waals surface area contributed by atoms with Crippen LogP contribution >= 0.6 is 0 Å². The Bertz CT molecular complexity index is 530. The van der Waals surface area contributed by atoms with Crippen molar-refractivity contribution in [3.05, 3.63) is 33.9 Å². The molecule has 1 aliphatic rings. The van der Waals surface area contributed by atoms with Crippen LogP contribution in [0, 0.1) is 22.0 Å². The molecule has 20 heavy (non-hydrogen) atoms. The summed E-state index contributed by atoms with van der Waals surface area (Å²) in [5.74, 6) is 0.410. The van der Waals surface area contributed by atoms with Crippen LogP contribution in [0.2, 0.25) is 0 Å². The van der Waals surface area contributed by atoms with E-state index in [1.807, 2.05) is 0 Å². The molecule has 0 aliphatic heterocycles. The normalized spacial score (nSPS) is 21.6. The van der Waals surface area contributed by atoms with Crippen LogP contribution < -0.4 is 5.32 Å². The van der Waals surface area contributed by atoms with Crippen molar-refractivity contribution in [2.45, 2.75) is 26.2 Å². The zero-order valence-electron chi connectivity index (χ0n) is 11.3. The molecule has 0 radical (unpaired) electrons. The molecule has 0 spiro atoms. The van der Waals surface area contributed by atoms with Gasteiger partial charge in [-0.1, -0.05) is 13.3 Å². The summed E-state index contributed by atoms with van der Waals surface area (Å²) in [6.45, 7) is 2.82. The largest absolute Gasteiger partial charge is 0.502 e. The molecule has 1 aromatic carbocycles. The van der Waals surface area contributed by atoms with Gasteiger partial charge in [-0.05, 0) is 36.8 Å². The maximum absolute atomic E-state index is 11.9. The second-order valence-electron chi connectivity index (χ2n) is 5.45. The predicted octanol–water partition coefficient (Wildman–Crippen LogP) is 2.47. The second kappa shape index (κ2) is 5.90. The summed E-state index contributed by atoms with van der Waals surface area (Å²) < 4.78 is 0. The summed E-state index contributed by atoms with van der Waals surface area (Å²) in [4.78, 5) is 21.8. The highest BCUT2D eigenvalue weighted by Crippen LogP contribution is 2.30. The van der Waals surface area contributed by atoms with Crippen molar-refractivity contribution in [1.29, 1.82) is 0 Å². The van der Waals surface area contributed by atoms with E-state index < -0.39 is 16.4 Å². The van der Waals surface area contributed by atoms with Crippen LogP contribution in [-0.2, 0) is 0 Å². The number of nitrogens with one attached hydrogen (secondary N) is 1. The minimum absolute atomic E-state index is 0.235. The number of carbonyl (C=O) groups is 1. The summed E-state index contributed by atoms with van der Waals surface area (Å²) in [7, 11) is 0. The average Bonchev–Trinajstić information content (AvgIpc) is 2.81. The highest BCUT2D eigenvalue weighted by atomic mass is 16.6. The molecule has 1 fully saturated rings. The molecule has 6 heteroatoms. The van der Waals surface area contributed by atoms with Crippen LogP contribution in [0.25, 0.3) is 0 Å². The number of phenols is 1. The van der Waals surface area contributed by atoms with Crippen molar-refractivity contribution in [3.63, 3.8) is 0 Å². The minimum atomic E-state index is -0.684. The van der Waals surface area contributed by atoms with Gasteiger partial charge in [-0.2, -0.15) is 0 Å². The van der Waals surface area contributed by atoms with E-state index in [9.17, 15) is 20.0 Å². The SMILES string of the molecule is CC1CCC(CNC(=O)c2ccc([N+](=O)[O-])c(O)c2)C1. The lowest BCUT2D eigenvalue weighted by Gasteiger charge is -2.11. The Hall–Kier alpha value is -2.11. The highest BCUT2D eigenvalue weighted by molar-refractivity contribution is 5.95. The first-order valence-electron chi connectivity index (χ1n) is 6.73. The van der Waals surface area contributed by atoms with Crippen molar-refractivity contribution in [2.75, 3.05) is 6.54 Å². The van der Waals surface area contributed by atoms with Gasteiger partial charge < -0.3 is 10.4 Å². The quantitative estimate of drug-likeness (QED) is 0.653. The molecule has 2 unspecified atom stereocenters. The van der Waals surface area contributed by atoms with Crippen LogP contribution in [0.1, 0.15) is 36.5 Å². The monoisotopic (exact) mass is 278 g/mol. The Balaban J connectivity index is 1.95. The van der Waals surface area contributed by atoms with E-state index in [1.165, 1.54) is 12.5 Å². The first-order chi connectivity index (χ1) is 9.47. The van der Waals surface area contributed by atoms with Gasteiger partial charge in [-0.3, -0.25) is 14.9 Å². The molecule has 1 aromatic rings. The Morgan fingerprint density at radius 1 is 1.50 bits per heavy atom. The van der Waals surface area contributed by atoms with Gasteiger partial charge in [0.15, 0.2) is 5.75 Å². The smallest absolute Gasteiger partial charge is 0.310 e. The van der Waals surface area contributed by atoms with Crippen LogP contribution in [-0.4, -0.2) is 22.5 Å². The van der Waals surface area contributed by atoms with Gasteiger partial charge in [-0.25, -0.2) is 0 Å². The van der Waals surface area contributed by atoms with Crippen LogP contribution in [0.15, 0.2) is 18.2 Å². The van der Waals surface area contributed by atoms with Crippen molar-refractivity contribution >= 4 is 11.6 Å². The molecule has 1 aliphatic carbocycles. The number of nitrogens with zero attached hydrogens (tertiary/aromatic N) is 1. The summed E-state index contributed by atoms with van der Waals surface area (Å²) in [6, 6.07) is 3.62. The van der Waals surface area contributed by atoms with Crippen LogP contribution in [0.5, 0.6) is 5.75 Å². The van der Waals surface area contributed by atoms with Crippen LogP contribution in [0.3, 0.4) is 0 Å². The van der Waals surface area contributed by atoms with E-state index in [2.05, 4.69) is 12.2 Å². The van der Waals surface area contributed by atoms with E-state index in [1.54, 1.807) is 0 Å². The van der Waals surface area contributed by atoms with Crippen LogP contribution in [0.4, 0.5) is 5.69 Å². The summed E-state index contributed by atoms with van der Waals surface area (Å²) in [5, 5.41) is 22.9. The third kappa shape index (κ3) is 3.26. The van der Waals surface area contributed by atoms with E-state index in [-0.39, 0.29) is 11.5 Å². The zero-order valence-corrected chi connectivity index (χ0v) is 11.3. The number of nitro groups is 1. The van der Waals surface area contributed by atoms with E-state index in [4.69, 9.17) is 0 Å². The number of carbonyl (C=O) groups excluding carboxylic acids is 1. The van der Waals surface area contributed by atoms with Gasteiger partial charge in [0.2, 0.25) is 0 Å². The number of hydrogen-bond donors (Lipinski definition) is 2. The van der Waals surface area contributed by atoms with Crippen molar-refractivity contribution in [1.82, 2.24) is 5.32 Å². The van der Waals surface area contributed by atoms with Crippen molar-refractivity contribution < 1.29 is 14.8 Å². The molecular formula is C14H18N2O4. The van der Waals surface area contributed by atoms with E-state index in [0.29, 0.717) is 18.4 Å². The molecule has 1 amide bonds. The molecule has 2 atom stereocenters. The van der Waals surface area contributed by atoms with Gasteiger partial charge in [0.05, 0.1) is 4.92 Å². The highest BCUT2D eigenvalue weighted by Gasteiger charge is 2.22. The van der Waals surface area contributed by atoms with Gasteiger partial charge in [0.1, 0.15) is 0 Å². The summed E-state index contributed by atoms with van der Waals surface area (Å²) in [6.07, 6.45) is 3.43. The first kappa shape index (κ1) is 14.3. The lowest BCUT2D eigenvalue weighted by atomic mass is 10.1. The number of benzene rings is 1. The second-order valence-corrected chi connectivity index (χ2v) is 5.45. The van der Waals surface area contributed by atoms with E-state index in [0.717, 1.165) is 25.0 Å². The summed E-state index contributed by atoms with van der Waals surface area (Å²) in [5.41, 5.74) is -0.162. The van der Waals surface area contributed by atoms with Gasteiger partial charge >= 0.3 is 5.69 Å². The molecule has 108 valence electrons. The molecule has 6 nitrogen and oxygen atoms in total. The fourth-order valence-corrected chi connectivity index (χ4v) is 2.67. The van der Waals surface area contributed by atoms with Gasteiger partial charge in [0.25, 0.3) is 5.91 Å². The molecular weight excluding hydrogens is 260 g/mol. The predicted molar refractivity (Wildman–Crippen MR) is 73.6 cm³/mol. The van der Waals surface area contributed by atoms with Gasteiger partial charge in [-0.15, -0.1) is 0 Å². The number of aromatic hydroxyl groups is 1. The molecule has 1 saturated carbocycles. The summed E-state index contributed by atoms with van der Waals surface area (Å²) >= 11 is 0. The molecule has 2 N–H and O–H groups in total. The fourth-order valence-electron chi connectivity index (χ4n) is 2.67. The molecule has 0 saturated heterocycles. The minimum Gasteiger partial charge on any atom is -0.502 e. The Morgan fingerprint density at radius 3 is 2.80 bits per heavy atom.